The molecule has 0 bridgehead atoms. The first kappa shape index (κ1) is 25.6. The molecule has 1 aliphatic heterocycles. The molecule has 3 rings (SSSR count). The third kappa shape index (κ3) is 6.93. The number of rotatable bonds is 10. The van der Waals surface area contributed by atoms with Crippen LogP contribution in [-0.4, -0.2) is 61.5 Å². The molecule has 1 aliphatic rings. The van der Waals surface area contributed by atoms with Crippen LogP contribution in [0.4, 0.5) is 0 Å². The Morgan fingerprint density at radius 2 is 1.71 bits per heavy atom. The lowest BCUT2D eigenvalue weighted by atomic mass is 9.77. The van der Waals surface area contributed by atoms with Gasteiger partial charge in [0.25, 0.3) is 0 Å². The zero-order valence-corrected chi connectivity index (χ0v) is 20.3. The molecule has 172 valence electrons. The van der Waals surface area contributed by atoms with Crippen LogP contribution < -0.4 is 5.32 Å². The SMILES string of the molecule is CCN(CC)CC(=O)NCC(C)(CCN1CCCCC1)c1cccc2ccccc12.Cl. The molecule has 1 fully saturated rings. The van der Waals surface area contributed by atoms with E-state index in [9.17, 15) is 4.79 Å². The van der Waals surface area contributed by atoms with Gasteiger partial charge < -0.3 is 10.2 Å². The number of hydrogen-bond acceptors (Lipinski definition) is 3. The first-order chi connectivity index (χ1) is 14.6. The van der Waals surface area contributed by atoms with E-state index in [2.05, 4.69) is 78.4 Å². The molecule has 31 heavy (non-hydrogen) atoms. The Morgan fingerprint density at radius 3 is 2.42 bits per heavy atom. The predicted molar refractivity (Wildman–Crippen MR) is 134 cm³/mol. The molecule has 0 radical (unpaired) electrons. The first-order valence-corrected chi connectivity index (χ1v) is 11.8. The van der Waals surface area contributed by atoms with Crippen LogP contribution in [-0.2, 0) is 10.2 Å². The lowest BCUT2D eigenvalue weighted by Crippen LogP contribution is -2.45. The molecule has 1 atom stereocenters. The van der Waals surface area contributed by atoms with E-state index < -0.39 is 0 Å². The molecule has 4 nitrogen and oxygen atoms in total. The first-order valence-electron chi connectivity index (χ1n) is 11.8. The average Bonchev–Trinajstić information content (AvgIpc) is 2.80. The van der Waals surface area contributed by atoms with Crippen molar-refractivity contribution in [1.82, 2.24) is 15.1 Å². The zero-order valence-electron chi connectivity index (χ0n) is 19.5. The number of amides is 1. The van der Waals surface area contributed by atoms with Gasteiger partial charge in [0.2, 0.25) is 5.91 Å². The second kappa shape index (κ2) is 12.4. The Balaban J connectivity index is 0.00000341. The molecule has 0 saturated carbocycles. The summed E-state index contributed by atoms with van der Waals surface area (Å²) in [6, 6.07) is 15.2. The van der Waals surface area contributed by atoms with Gasteiger partial charge in [-0.15, -0.1) is 12.4 Å². The van der Waals surface area contributed by atoms with Gasteiger partial charge in [0.15, 0.2) is 0 Å². The van der Waals surface area contributed by atoms with E-state index >= 15 is 0 Å². The fourth-order valence-electron chi connectivity index (χ4n) is 4.66. The maximum absolute atomic E-state index is 12.7. The third-order valence-corrected chi connectivity index (χ3v) is 6.81. The number of piperidine rings is 1. The monoisotopic (exact) mass is 445 g/mol. The lowest BCUT2D eigenvalue weighted by molar-refractivity contribution is -0.122. The van der Waals surface area contributed by atoms with Gasteiger partial charge in [0, 0.05) is 12.0 Å². The molecule has 2 aromatic rings. The quantitative estimate of drug-likeness (QED) is 0.567. The van der Waals surface area contributed by atoms with Crippen molar-refractivity contribution in [3.8, 4) is 0 Å². The Kier molecular flexibility index (Phi) is 10.3. The number of carbonyl (C=O) groups is 1. The molecule has 5 heteroatoms. The summed E-state index contributed by atoms with van der Waals surface area (Å²) in [5.41, 5.74) is 1.25. The molecule has 1 N–H and O–H groups in total. The van der Waals surface area contributed by atoms with E-state index in [1.165, 1.54) is 48.7 Å². The minimum Gasteiger partial charge on any atom is -0.354 e. The Hall–Kier alpha value is -1.62. The van der Waals surface area contributed by atoms with Crippen LogP contribution >= 0.6 is 12.4 Å². The summed E-state index contributed by atoms with van der Waals surface area (Å²) in [6.45, 7) is 13.0. The van der Waals surface area contributed by atoms with Crippen molar-refractivity contribution in [3.05, 3.63) is 48.0 Å². The van der Waals surface area contributed by atoms with Crippen molar-refractivity contribution in [3.63, 3.8) is 0 Å². The summed E-state index contributed by atoms with van der Waals surface area (Å²) in [4.78, 5) is 17.4. The Bertz CT molecular complexity index is 812. The summed E-state index contributed by atoms with van der Waals surface area (Å²) >= 11 is 0. The second-order valence-corrected chi connectivity index (χ2v) is 8.98. The van der Waals surface area contributed by atoms with Gasteiger partial charge in [-0.25, -0.2) is 0 Å². The van der Waals surface area contributed by atoms with E-state index in [0.717, 1.165) is 26.1 Å². The summed E-state index contributed by atoms with van der Waals surface area (Å²) in [5.74, 6) is 0.128. The zero-order chi connectivity index (χ0) is 21.4. The Morgan fingerprint density at radius 1 is 1.03 bits per heavy atom. The van der Waals surface area contributed by atoms with Crippen LogP contribution in [0, 0.1) is 0 Å². The molecule has 1 unspecified atom stereocenters. The molecule has 0 aromatic heterocycles. The van der Waals surface area contributed by atoms with E-state index in [-0.39, 0.29) is 23.7 Å². The van der Waals surface area contributed by atoms with Crippen molar-refractivity contribution in [2.45, 2.75) is 51.9 Å². The van der Waals surface area contributed by atoms with Crippen LogP contribution in [0.1, 0.15) is 52.0 Å². The molecular formula is C26H40ClN3O. The third-order valence-electron chi connectivity index (χ3n) is 6.81. The van der Waals surface area contributed by atoms with Gasteiger partial charge in [-0.1, -0.05) is 69.7 Å². The van der Waals surface area contributed by atoms with Gasteiger partial charge in [-0.2, -0.15) is 0 Å². The van der Waals surface area contributed by atoms with Crippen molar-refractivity contribution < 1.29 is 4.79 Å². The van der Waals surface area contributed by atoms with Crippen LogP contribution in [0.2, 0.25) is 0 Å². The van der Waals surface area contributed by atoms with Gasteiger partial charge >= 0.3 is 0 Å². The predicted octanol–water partition coefficient (Wildman–Crippen LogP) is 4.85. The molecule has 1 saturated heterocycles. The molecule has 1 heterocycles. The maximum atomic E-state index is 12.7. The number of hydrogen-bond donors (Lipinski definition) is 1. The molecule has 0 aliphatic carbocycles. The largest absolute Gasteiger partial charge is 0.354 e. The Labute approximate surface area is 194 Å². The lowest BCUT2D eigenvalue weighted by Gasteiger charge is -2.35. The minimum atomic E-state index is -0.1000. The van der Waals surface area contributed by atoms with Gasteiger partial charge in [0.1, 0.15) is 0 Å². The van der Waals surface area contributed by atoms with Gasteiger partial charge in [-0.3, -0.25) is 9.69 Å². The topological polar surface area (TPSA) is 35.6 Å². The normalized spacial score (nSPS) is 16.6. The summed E-state index contributed by atoms with van der Waals surface area (Å²) < 4.78 is 0. The minimum absolute atomic E-state index is 0. The molecular weight excluding hydrogens is 406 g/mol. The number of likely N-dealkylation sites (tertiary alicyclic amines) is 1. The molecule has 2 aromatic carbocycles. The van der Waals surface area contributed by atoms with E-state index in [1.54, 1.807) is 0 Å². The van der Waals surface area contributed by atoms with Crippen molar-refractivity contribution in [2.24, 2.45) is 0 Å². The number of nitrogens with one attached hydrogen (secondary N) is 1. The highest BCUT2D eigenvalue weighted by atomic mass is 35.5. The molecule has 0 spiro atoms. The smallest absolute Gasteiger partial charge is 0.234 e. The standard InChI is InChI=1S/C26H39N3O.ClH/c1-4-28(5-2)20-25(30)27-21-26(3,16-19-29-17-9-6-10-18-29)24-15-11-13-22-12-7-8-14-23(22)24;/h7-8,11-15H,4-6,9-10,16-21H2,1-3H3,(H,27,30);1H. The maximum Gasteiger partial charge on any atom is 0.234 e. The fraction of sp³-hybridized carbons (Fsp3) is 0.577. The second-order valence-electron chi connectivity index (χ2n) is 8.98. The highest BCUT2D eigenvalue weighted by molar-refractivity contribution is 5.87. The number of halogens is 1. The average molecular weight is 446 g/mol. The van der Waals surface area contributed by atoms with Crippen LogP contribution in [0.3, 0.4) is 0 Å². The van der Waals surface area contributed by atoms with Crippen molar-refractivity contribution >= 4 is 29.1 Å². The number of carbonyl (C=O) groups excluding carboxylic acids is 1. The number of benzene rings is 2. The number of nitrogens with zero attached hydrogens (tertiary/aromatic N) is 2. The van der Waals surface area contributed by atoms with E-state index in [1.807, 2.05) is 0 Å². The van der Waals surface area contributed by atoms with Gasteiger partial charge in [-0.05, 0) is 68.3 Å². The number of likely N-dealkylation sites (N-methyl/N-ethyl adjacent to an activating group) is 1. The van der Waals surface area contributed by atoms with Crippen LogP contribution in [0.5, 0.6) is 0 Å². The molecule has 1 amide bonds. The highest BCUT2D eigenvalue weighted by Crippen LogP contribution is 2.33. The highest BCUT2D eigenvalue weighted by Gasteiger charge is 2.30. The van der Waals surface area contributed by atoms with E-state index in [0.29, 0.717) is 13.1 Å². The van der Waals surface area contributed by atoms with Gasteiger partial charge in [0.05, 0.1) is 6.54 Å². The van der Waals surface area contributed by atoms with Crippen LogP contribution in [0.15, 0.2) is 42.5 Å². The van der Waals surface area contributed by atoms with Crippen LogP contribution in [0.25, 0.3) is 10.8 Å². The fourth-order valence-corrected chi connectivity index (χ4v) is 4.66. The summed E-state index contributed by atoms with van der Waals surface area (Å²) in [7, 11) is 0. The summed E-state index contributed by atoms with van der Waals surface area (Å²) in [6.07, 6.45) is 5.03. The number of fused-ring (bicyclic) bond motifs is 1. The summed E-state index contributed by atoms with van der Waals surface area (Å²) in [5, 5.41) is 5.85. The van der Waals surface area contributed by atoms with Crippen molar-refractivity contribution in [2.75, 3.05) is 45.8 Å². The van der Waals surface area contributed by atoms with E-state index in [4.69, 9.17) is 0 Å². The van der Waals surface area contributed by atoms with Crippen molar-refractivity contribution in [1.29, 1.82) is 0 Å².